The van der Waals surface area contributed by atoms with Crippen molar-refractivity contribution >= 4 is 96.5 Å². The third-order valence-electron chi connectivity index (χ3n) is 15.3. The zero-order chi connectivity index (χ0) is 49.8. The fourth-order valence-electron chi connectivity index (χ4n) is 11.6. The fourth-order valence-corrected chi connectivity index (χ4v) is 11.6. The molecule has 4 bridgehead atoms. The predicted octanol–water partition coefficient (Wildman–Crippen LogP) is 8.25. The molecule has 20 heteroatoms. The molecule has 6 aliphatic heterocycles. The van der Waals surface area contributed by atoms with Gasteiger partial charge in [0, 0.05) is 122 Å². The van der Waals surface area contributed by atoms with Gasteiger partial charge in [0.1, 0.15) is 11.0 Å². The zero-order valence-corrected chi connectivity index (χ0v) is 42.6. The second kappa shape index (κ2) is 20.8. The van der Waals surface area contributed by atoms with Crippen molar-refractivity contribution in [2.45, 2.75) is 56.6 Å². The molecule has 6 fully saturated rings. The number of hydrogen-bond donors (Lipinski definition) is 3. The summed E-state index contributed by atoms with van der Waals surface area (Å²) < 4.78 is 35.1. The molecule has 4 atom stereocenters. The monoisotopic (exact) mass is 1040 g/mol. The standard InChI is InChI=1S/C28H28N6O3.C22H17N5O3.C6H11NO.ClH/c1-2-21(20-6-7-29-23(20)3-1)26-31-24-22-12-17(14-33-15-18-4-5-19(16-33)36-18)13-30-28(22)37-25(24)27(32-26)34-8-10-35-11-9-34;28-12-13-10-16-18-19(30-22(16)24-11-13)21(27-6-8-29-9-7-27)26-20(25-18)15-2-1-3-17-14(15)4-5-23-17;1-2-6-4-7-3-5(1)8-6;/h1-3,6-7,12-13,18-19,29H,4-5,8-11,14-16H2;1-5,10-12,23H,6-9H2;5-7H,1-4H2;1H/t18-,19?;;5-,6?;/m1.1./s1. The number of H-pyrrole nitrogens is 2. The molecule has 0 spiro atoms. The summed E-state index contributed by atoms with van der Waals surface area (Å²) >= 11 is 0. The molecule has 6 saturated heterocycles. The van der Waals surface area contributed by atoms with E-state index in [1.807, 2.05) is 48.9 Å². The Morgan fingerprint density at radius 3 is 1.64 bits per heavy atom. The molecule has 0 radical (unpaired) electrons. The zero-order valence-electron chi connectivity index (χ0n) is 41.8. The minimum absolute atomic E-state index is 0. The highest BCUT2D eigenvalue weighted by molar-refractivity contribution is 6.08. The number of fused-ring (bicyclic) bond motifs is 12. The molecule has 76 heavy (non-hydrogen) atoms. The van der Waals surface area contributed by atoms with E-state index in [1.54, 1.807) is 6.07 Å². The second-order valence-electron chi connectivity index (χ2n) is 20.2. The maximum atomic E-state index is 11.3. The van der Waals surface area contributed by atoms with Crippen LogP contribution in [0.4, 0.5) is 11.6 Å². The van der Waals surface area contributed by atoms with Crippen molar-refractivity contribution in [1.82, 2.24) is 50.1 Å². The Labute approximate surface area is 442 Å². The van der Waals surface area contributed by atoms with E-state index in [-0.39, 0.29) is 12.4 Å². The van der Waals surface area contributed by atoms with Crippen LogP contribution < -0.4 is 15.1 Å². The number of ether oxygens (including phenoxy) is 4. The third-order valence-corrected chi connectivity index (χ3v) is 15.3. The number of hydrogen-bond acceptors (Lipinski definition) is 17. The Morgan fingerprint density at radius 2 is 1.11 bits per heavy atom. The normalized spacial score (nSPS) is 21.5. The summed E-state index contributed by atoms with van der Waals surface area (Å²) in [6.07, 6.45) is 14.8. The molecule has 8 aromatic heterocycles. The Bertz CT molecular complexity index is 3710. The Morgan fingerprint density at radius 1 is 0.592 bits per heavy atom. The number of furan rings is 2. The second-order valence-corrected chi connectivity index (χ2v) is 20.2. The van der Waals surface area contributed by atoms with Gasteiger partial charge in [0.15, 0.2) is 40.7 Å². The molecule has 0 saturated carbocycles. The maximum Gasteiger partial charge on any atom is 0.229 e. The number of nitrogens with one attached hydrogen (secondary N) is 3. The summed E-state index contributed by atoms with van der Waals surface area (Å²) in [5.74, 6) is 2.82. The molecule has 0 amide bonds. The molecule has 390 valence electrons. The highest BCUT2D eigenvalue weighted by Crippen LogP contribution is 2.39. The summed E-state index contributed by atoms with van der Waals surface area (Å²) in [4.78, 5) is 53.7. The first-order chi connectivity index (χ1) is 37.0. The number of aromatic nitrogens is 8. The quantitative estimate of drug-likeness (QED) is 0.128. The van der Waals surface area contributed by atoms with Crippen molar-refractivity contribution in [3.05, 3.63) is 96.6 Å². The van der Waals surface area contributed by atoms with Gasteiger partial charge in [0.2, 0.25) is 11.4 Å². The van der Waals surface area contributed by atoms with Crippen LogP contribution in [0.5, 0.6) is 0 Å². The number of morpholine rings is 4. The predicted molar refractivity (Wildman–Crippen MR) is 291 cm³/mol. The number of aromatic amines is 2. The van der Waals surface area contributed by atoms with Crippen molar-refractivity contribution in [2.75, 3.05) is 88.6 Å². The Balaban J connectivity index is 0.000000127. The number of aldehydes is 1. The average molecular weight is 1050 g/mol. The van der Waals surface area contributed by atoms with Crippen LogP contribution in [0.15, 0.2) is 94.3 Å². The van der Waals surface area contributed by atoms with E-state index >= 15 is 0 Å². The van der Waals surface area contributed by atoms with Gasteiger partial charge >= 0.3 is 0 Å². The lowest BCUT2D eigenvalue weighted by molar-refractivity contribution is -0.0410. The first kappa shape index (κ1) is 48.5. The van der Waals surface area contributed by atoms with Crippen LogP contribution in [0.25, 0.3) is 89.0 Å². The number of benzene rings is 2. The summed E-state index contributed by atoms with van der Waals surface area (Å²) in [6, 6.07) is 20.3. The van der Waals surface area contributed by atoms with Gasteiger partial charge in [-0.3, -0.25) is 9.69 Å². The molecule has 14 heterocycles. The molecular weight excluding hydrogens is 988 g/mol. The number of halogens is 1. The van der Waals surface area contributed by atoms with E-state index in [9.17, 15) is 4.79 Å². The first-order valence-electron chi connectivity index (χ1n) is 26.2. The van der Waals surface area contributed by atoms with Crippen LogP contribution in [-0.4, -0.2) is 154 Å². The van der Waals surface area contributed by atoms with Crippen LogP contribution in [-0.2, 0) is 25.5 Å². The summed E-state index contributed by atoms with van der Waals surface area (Å²) in [5.41, 5.74) is 9.42. The van der Waals surface area contributed by atoms with Crippen LogP contribution in [0, 0.1) is 0 Å². The lowest BCUT2D eigenvalue weighted by Crippen LogP contribution is -2.41. The molecular formula is C56H57ClN12O7. The highest BCUT2D eigenvalue weighted by Gasteiger charge is 2.34. The lowest BCUT2D eigenvalue weighted by Gasteiger charge is -2.31. The Hall–Kier alpha value is -7.10. The van der Waals surface area contributed by atoms with E-state index in [2.05, 4.69) is 59.2 Å². The van der Waals surface area contributed by atoms with Crippen molar-refractivity contribution in [3.63, 3.8) is 0 Å². The lowest BCUT2D eigenvalue weighted by atomic mass is 10.1. The van der Waals surface area contributed by atoms with Gasteiger partial charge in [-0.25, -0.2) is 29.9 Å². The van der Waals surface area contributed by atoms with E-state index in [4.69, 9.17) is 52.7 Å². The number of anilines is 2. The minimum atomic E-state index is 0. The van der Waals surface area contributed by atoms with Crippen molar-refractivity contribution < 1.29 is 32.6 Å². The molecule has 0 aliphatic carbocycles. The van der Waals surface area contributed by atoms with Gasteiger partial charge in [-0.05, 0) is 67.6 Å². The van der Waals surface area contributed by atoms with Gasteiger partial charge < -0.3 is 52.9 Å². The number of likely N-dealkylation sites (tertiary alicyclic amines) is 1. The largest absolute Gasteiger partial charge is 0.432 e. The topological polar surface area (TPSA) is 211 Å². The molecule has 10 aromatic rings. The summed E-state index contributed by atoms with van der Waals surface area (Å²) in [7, 11) is 0. The number of carbonyl (C=O) groups excluding carboxylic acids is 1. The Kier molecular flexibility index (Phi) is 13.3. The number of rotatable bonds is 7. The highest BCUT2D eigenvalue weighted by atomic mass is 35.5. The summed E-state index contributed by atoms with van der Waals surface area (Å²) in [5, 5.41) is 7.10. The van der Waals surface area contributed by atoms with Crippen molar-refractivity contribution in [2.24, 2.45) is 0 Å². The van der Waals surface area contributed by atoms with E-state index < -0.39 is 0 Å². The van der Waals surface area contributed by atoms with Gasteiger partial charge in [0.05, 0.1) is 61.6 Å². The van der Waals surface area contributed by atoms with E-state index in [0.29, 0.717) is 115 Å². The van der Waals surface area contributed by atoms with Crippen LogP contribution >= 0.6 is 12.4 Å². The molecule has 16 rings (SSSR count). The van der Waals surface area contributed by atoms with Crippen molar-refractivity contribution in [1.29, 1.82) is 0 Å². The SMILES string of the molecule is C1C[C@@H]2CNCC1O2.Cl.O=Cc1cnc2oc3c(N4CCOCC4)nc(-c4cccc5[nH]ccc45)nc3c2c1.c1cc(-c2nc(N3CCOCC3)c3oc4ncc(CN5CC6CC[C@H](C5)O6)cc4c3n2)c2cc[nH]c2c1. The number of nitrogens with zero attached hydrogens (tertiary/aromatic N) is 9. The van der Waals surface area contributed by atoms with Crippen LogP contribution in [0.1, 0.15) is 41.6 Å². The fraction of sp³-hybridized carbons (Fsp3) is 0.375. The summed E-state index contributed by atoms with van der Waals surface area (Å²) in [6.45, 7) is 10.5. The average Bonchev–Trinajstić information content (AvgIpc) is 4.36. The number of pyridine rings is 2. The first-order valence-corrected chi connectivity index (χ1v) is 26.2. The van der Waals surface area contributed by atoms with Gasteiger partial charge in [-0.2, -0.15) is 0 Å². The molecule has 19 nitrogen and oxygen atoms in total. The van der Waals surface area contributed by atoms with Gasteiger partial charge in [0.25, 0.3) is 0 Å². The molecule has 3 N–H and O–H groups in total. The number of carbonyl (C=O) groups is 1. The smallest absolute Gasteiger partial charge is 0.229 e. The third kappa shape index (κ3) is 9.28. The molecule has 2 unspecified atom stereocenters. The molecule has 6 aliphatic rings. The van der Waals surface area contributed by atoms with E-state index in [0.717, 1.165) is 113 Å². The van der Waals surface area contributed by atoms with Crippen LogP contribution in [0.2, 0.25) is 0 Å². The van der Waals surface area contributed by atoms with Gasteiger partial charge in [-0.15, -0.1) is 12.4 Å². The minimum Gasteiger partial charge on any atom is -0.432 e. The van der Waals surface area contributed by atoms with E-state index in [1.165, 1.54) is 31.9 Å². The maximum absolute atomic E-state index is 11.3. The van der Waals surface area contributed by atoms with Gasteiger partial charge in [-0.1, -0.05) is 24.3 Å². The molecule has 2 aromatic carbocycles. The van der Waals surface area contributed by atoms with Crippen molar-refractivity contribution in [3.8, 4) is 22.8 Å². The van der Waals surface area contributed by atoms with Crippen LogP contribution in [0.3, 0.4) is 0 Å².